The van der Waals surface area contributed by atoms with Crippen LogP contribution in [0.3, 0.4) is 0 Å². The van der Waals surface area contributed by atoms with Crippen molar-refractivity contribution in [3.63, 3.8) is 0 Å². The number of rotatable bonds is 9. The Labute approximate surface area is 156 Å². The van der Waals surface area contributed by atoms with E-state index in [0.29, 0.717) is 29.1 Å². The van der Waals surface area contributed by atoms with E-state index in [1.165, 1.54) is 16.4 Å². The molecule has 1 aromatic heterocycles. The standard InChI is InChI=1S/C18H20N4O3S/c1-23-15-8-5-9-16(12-15)25-13-17-20-21-18(22(17)19)26-11-10-24-14-6-3-2-4-7-14/h2-9,12H,10-11,13,19H2,1H3. The van der Waals surface area contributed by atoms with Gasteiger partial charge in [-0.1, -0.05) is 36.0 Å². The lowest BCUT2D eigenvalue weighted by atomic mass is 10.3. The van der Waals surface area contributed by atoms with Gasteiger partial charge in [0.25, 0.3) is 0 Å². The van der Waals surface area contributed by atoms with Gasteiger partial charge in [0.15, 0.2) is 5.82 Å². The number of ether oxygens (including phenoxy) is 3. The van der Waals surface area contributed by atoms with Crippen LogP contribution in [-0.4, -0.2) is 34.3 Å². The minimum absolute atomic E-state index is 0.220. The fourth-order valence-corrected chi connectivity index (χ4v) is 2.84. The molecule has 0 aliphatic carbocycles. The number of thioether (sulfide) groups is 1. The maximum atomic E-state index is 6.04. The fourth-order valence-electron chi connectivity index (χ4n) is 2.15. The minimum Gasteiger partial charge on any atom is -0.497 e. The molecule has 0 aliphatic heterocycles. The van der Waals surface area contributed by atoms with Crippen LogP contribution in [0.5, 0.6) is 17.2 Å². The summed E-state index contributed by atoms with van der Waals surface area (Å²) in [6.07, 6.45) is 0. The number of hydrogen-bond acceptors (Lipinski definition) is 7. The Balaban J connectivity index is 1.48. The van der Waals surface area contributed by atoms with Crippen molar-refractivity contribution in [1.29, 1.82) is 0 Å². The Bertz CT molecular complexity index is 826. The molecule has 136 valence electrons. The SMILES string of the molecule is COc1cccc(OCc2nnc(SCCOc3ccccc3)n2N)c1. The minimum atomic E-state index is 0.220. The fraction of sp³-hybridized carbons (Fsp3) is 0.222. The van der Waals surface area contributed by atoms with Gasteiger partial charge in [-0.25, -0.2) is 4.68 Å². The van der Waals surface area contributed by atoms with Crippen molar-refractivity contribution >= 4 is 11.8 Å². The molecule has 0 amide bonds. The summed E-state index contributed by atoms with van der Waals surface area (Å²) in [6.45, 7) is 0.773. The first-order valence-corrected chi connectivity index (χ1v) is 9.01. The molecule has 3 aromatic rings. The first kappa shape index (κ1) is 17.9. The molecule has 0 spiro atoms. The van der Waals surface area contributed by atoms with E-state index in [9.17, 15) is 0 Å². The predicted molar refractivity (Wildman–Crippen MR) is 100 cm³/mol. The third kappa shape index (κ3) is 4.82. The second kappa shape index (κ2) is 9.00. The van der Waals surface area contributed by atoms with Gasteiger partial charge >= 0.3 is 0 Å². The Morgan fingerprint density at radius 2 is 1.73 bits per heavy atom. The van der Waals surface area contributed by atoms with Crippen LogP contribution in [0.1, 0.15) is 5.82 Å². The summed E-state index contributed by atoms with van der Waals surface area (Å²) < 4.78 is 17.9. The average Bonchev–Trinajstić information content (AvgIpc) is 3.04. The number of nitrogens with two attached hydrogens (primary N) is 1. The number of benzene rings is 2. The summed E-state index contributed by atoms with van der Waals surface area (Å²) in [7, 11) is 1.61. The lowest BCUT2D eigenvalue weighted by Crippen LogP contribution is -2.16. The number of nitrogen functional groups attached to an aromatic ring is 1. The first-order chi connectivity index (χ1) is 12.8. The monoisotopic (exact) mass is 372 g/mol. The van der Waals surface area contributed by atoms with E-state index >= 15 is 0 Å². The molecule has 0 bridgehead atoms. The smallest absolute Gasteiger partial charge is 0.210 e. The van der Waals surface area contributed by atoms with E-state index in [1.54, 1.807) is 13.2 Å². The van der Waals surface area contributed by atoms with Crippen molar-refractivity contribution in [1.82, 2.24) is 14.9 Å². The second-order valence-electron chi connectivity index (χ2n) is 5.25. The van der Waals surface area contributed by atoms with Gasteiger partial charge in [0.1, 0.15) is 23.9 Å². The van der Waals surface area contributed by atoms with Crippen LogP contribution in [-0.2, 0) is 6.61 Å². The molecule has 0 fully saturated rings. The van der Waals surface area contributed by atoms with Crippen molar-refractivity contribution in [2.45, 2.75) is 11.8 Å². The van der Waals surface area contributed by atoms with Crippen molar-refractivity contribution in [3.8, 4) is 17.2 Å². The zero-order valence-corrected chi connectivity index (χ0v) is 15.2. The van der Waals surface area contributed by atoms with E-state index in [-0.39, 0.29) is 6.61 Å². The van der Waals surface area contributed by atoms with E-state index in [1.807, 2.05) is 48.5 Å². The van der Waals surface area contributed by atoms with Crippen LogP contribution in [0.15, 0.2) is 59.8 Å². The Kier molecular flexibility index (Phi) is 6.21. The van der Waals surface area contributed by atoms with Crippen molar-refractivity contribution in [3.05, 3.63) is 60.4 Å². The largest absolute Gasteiger partial charge is 0.497 e. The molecular formula is C18H20N4O3S. The van der Waals surface area contributed by atoms with E-state index in [0.717, 1.165) is 11.5 Å². The Morgan fingerprint density at radius 3 is 2.54 bits per heavy atom. The highest BCUT2D eigenvalue weighted by atomic mass is 32.2. The molecule has 2 aromatic carbocycles. The van der Waals surface area contributed by atoms with Crippen LogP contribution in [0.2, 0.25) is 0 Å². The molecule has 0 aliphatic rings. The summed E-state index contributed by atoms with van der Waals surface area (Å²) >= 11 is 1.48. The third-order valence-electron chi connectivity index (χ3n) is 3.47. The summed E-state index contributed by atoms with van der Waals surface area (Å²) in [4.78, 5) is 0. The van der Waals surface area contributed by atoms with Gasteiger partial charge in [-0.05, 0) is 24.3 Å². The van der Waals surface area contributed by atoms with E-state index < -0.39 is 0 Å². The number of nitrogens with zero attached hydrogens (tertiary/aromatic N) is 3. The molecule has 0 saturated heterocycles. The molecule has 3 rings (SSSR count). The zero-order chi connectivity index (χ0) is 18.2. The van der Waals surface area contributed by atoms with Crippen LogP contribution in [0.4, 0.5) is 0 Å². The van der Waals surface area contributed by atoms with Crippen molar-refractivity contribution in [2.75, 3.05) is 25.3 Å². The first-order valence-electron chi connectivity index (χ1n) is 8.03. The third-order valence-corrected chi connectivity index (χ3v) is 4.38. The molecule has 2 N–H and O–H groups in total. The average molecular weight is 372 g/mol. The highest BCUT2D eigenvalue weighted by molar-refractivity contribution is 7.99. The number of aromatic nitrogens is 3. The number of para-hydroxylation sites is 1. The maximum absolute atomic E-state index is 6.04. The normalized spacial score (nSPS) is 10.5. The maximum Gasteiger partial charge on any atom is 0.210 e. The van der Waals surface area contributed by atoms with Gasteiger partial charge in [0, 0.05) is 11.8 Å². The lowest BCUT2D eigenvalue weighted by molar-refractivity contribution is 0.289. The van der Waals surface area contributed by atoms with Gasteiger partial charge in [0.05, 0.1) is 13.7 Å². The molecule has 8 heteroatoms. The zero-order valence-electron chi connectivity index (χ0n) is 14.4. The van der Waals surface area contributed by atoms with Crippen LogP contribution in [0.25, 0.3) is 0 Å². The van der Waals surface area contributed by atoms with Crippen molar-refractivity contribution in [2.24, 2.45) is 0 Å². The molecule has 0 saturated carbocycles. The highest BCUT2D eigenvalue weighted by Gasteiger charge is 2.11. The molecule has 0 radical (unpaired) electrons. The molecule has 0 atom stereocenters. The summed E-state index contributed by atoms with van der Waals surface area (Å²) in [5.41, 5.74) is 0. The van der Waals surface area contributed by atoms with Gasteiger partial charge < -0.3 is 20.1 Å². The number of hydrogen-bond donors (Lipinski definition) is 1. The second-order valence-corrected chi connectivity index (χ2v) is 6.31. The van der Waals surface area contributed by atoms with Crippen LogP contribution >= 0.6 is 11.8 Å². The molecule has 7 nitrogen and oxygen atoms in total. The van der Waals surface area contributed by atoms with Crippen LogP contribution in [0, 0.1) is 0 Å². The Morgan fingerprint density at radius 1 is 0.962 bits per heavy atom. The topological polar surface area (TPSA) is 84.4 Å². The van der Waals surface area contributed by atoms with E-state index in [4.69, 9.17) is 20.1 Å². The highest BCUT2D eigenvalue weighted by Crippen LogP contribution is 2.20. The predicted octanol–water partition coefficient (Wildman–Crippen LogP) is 2.75. The van der Waals surface area contributed by atoms with Crippen LogP contribution < -0.4 is 20.1 Å². The Hall–Kier alpha value is -2.87. The van der Waals surface area contributed by atoms with Gasteiger partial charge in [-0.3, -0.25) is 0 Å². The summed E-state index contributed by atoms with van der Waals surface area (Å²) in [5, 5.41) is 8.79. The van der Waals surface area contributed by atoms with Gasteiger partial charge in [0.2, 0.25) is 5.16 Å². The lowest BCUT2D eigenvalue weighted by Gasteiger charge is -2.08. The van der Waals surface area contributed by atoms with Gasteiger partial charge in [-0.2, -0.15) is 0 Å². The van der Waals surface area contributed by atoms with Gasteiger partial charge in [-0.15, -0.1) is 10.2 Å². The molecule has 0 unspecified atom stereocenters. The van der Waals surface area contributed by atoms with Crippen molar-refractivity contribution < 1.29 is 14.2 Å². The number of methoxy groups -OCH3 is 1. The molecule has 1 heterocycles. The molecule has 26 heavy (non-hydrogen) atoms. The molecular weight excluding hydrogens is 352 g/mol. The summed E-state index contributed by atoms with van der Waals surface area (Å²) in [6, 6.07) is 17.0. The summed E-state index contributed by atoms with van der Waals surface area (Å²) in [5.74, 6) is 9.54. The quantitative estimate of drug-likeness (QED) is 0.351. The van der Waals surface area contributed by atoms with E-state index in [2.05, 4.69) is 10.2 Å².